The van der Waals surface area contributed by atoms with Gasteiger partial charge < -0.3 is 9.64 Å². The minimum atomic E-state index is -4.89. The van der Waals surface area contributed by atoms with Gasteiger partial charge in [-0.1, -0.05) is 54.1 Å². The lowest BCUT2D eigenvalue weighted by Gasteiger charge is -2.39. The van der Waals surface area contributed by atoms with Crippen molar-refractivity contribution in [3.05, 3.63) is 70.7 Å². The fraction of sp³-hybridized carbons (Fsp3) is 0.500. The molecule has 1 amide bonds. The number of piperidine rings is 1. The lowest BCUT2D eigenvalue weighted by Crippen LogP contribution is -2.50. The van der Waals surface area contributed by atoms with Gasteiger partial charge in [-0.2, -0.15) is 13.2 Å². The predicted octanol–water partition coefficient (Wildman–Crippen LogP) is 5.41. The Bertz CT molecular complexity index is 1010. The van der Waals surface area contributed by atoms with E-state index in [0.29, 0.717) is 17.9 Å². The highest BCUT2D eigenvalue weighted by Gasteiger charge is 2.57. The molecule has 2 aliphatic heterocycles. The van der Waals surface area contributed by atoms with Gasteiger partial charge >= 0.3 is 12.1 Å². The van der Waals surface area contributed by atoms with Crippen molar-refractivity contribution in [3.63, 3.8) is 0 Å². The van der Waals surface area contributed by atoms with E-state index >= 15 is 0 Å². The second kappa shape index (κ2) is 9.17. The maximum Gasteiger partial charge on any atom is 0.471 e. The molecule has 5 rings (SSSR count). The molecule has 3 fully saturated rings. The minimum Gasteiger partial charge on any atom is -0.373 e. The molecule has 0 radical (unpaired) electrons. The summed E-state index contributed by atoms with van der Waals surface area (Å²) >= 11 is 5.97. The SMILES string of the molecule is O=C(N(C1COC2(CCN(Cc3ccc(Cl)cc3)CC2)C1)[C@@H]1C[C@H]1c1ccccc1)C(F)(F)F. The molecule has 2 saturated heterocycles. The van der Waals surface area contributed by atoms with Crippen LogP contribution in [0.3, 0.4) is 0 Å². The first-order chi connectivity index (χ1) is 16.2. The largest absolute Gasteiger partial charge is 0.471 e. The maximum absolute atomic E-state index is 13.5. The number of rotatable bonds is 5. The molecular weight excluding hydrogens is 465 g/mol. The van der Waals surface area contributed by atoms with Gasteiger partial charge in [0.05, 0.1) is 18.2 Å². The van der Waals surface area contributed by atoms with Crippen LogP contribution < -0.4 is 0 Å². The van der Waals surface area contributed by atoms with Gasteiger partial charge in [-0.05, 0) is 48.9 Å². The summed E-state index contributed by atoms with van der Waals surface area (Å²) in [5.41, 5.74) is 1.70. The van der Waals surface area contributed by atoms with Crippen molar-refractivity contribution < 1.29 is 22.7 Å². The molecule has 8 heteroatoms. The number of hydrogen-bond donors (Lipinski definition) is 0. The van der Waals surface area contributed by atoms with Gasteiger partial charge in [0.1, 0.15) is 0 Å². The van der Waals surface area contributed by atoms with Crippen molar-refractivity contribution in [1.82, 2.24) is 9.80 Å². The molecule has 4 nitrogen and oxygen atoms in total. The van der Waals surface area contributed by atoms with Crippen molar-refractivity contribution in [2.45, 2.75) is 62.0 Å². The third kappa shape index (κ3) is 4.97. The van der Waals surface area contributed by atoms with E-state index in [4.69, 9.17) is 16.3 Å². The van der Waals surface area contributed by atoms with Gasteiger partial charge in [0.2, 0.25) is 0 Å². The van der Waals surface area contributed by atoms with Crippen LogP contribution in [0.4, 0.5) is 13.2 Å². The van der Waals surface area contributed by atoms with Crippen molar-refractivity contribution >= 4 is 17.5 Å². The first kappa shape index (κ1) is 23.6. The fourth-order valence-corrected chi connectivity index (χ4v) is 5.72. The summed E-state index contributed by atoms with van der Waals surface area (Å²) in [5, 5.41) is 0.704. The Morgan fingerprint density at radius 3 is 2.41 bits per heavy atom. The number of ether oxygens (including phenoxy) is 1. The number of carbonyl (C=O) groups excluding carboxylic acids is 1. The maximum atomic E-state index is 13.5. The summed E-state index contributed by atoms with van der Waals surface area (Å²) < 4.78 is 46.8. The summed E-state index contributed by atoms with van der Waals surface area (Å²) in [5.74, 6) is -1.79. The highest BCUT2D eigenvalue weighted by atomic mass is 35.5. The molecule has 1 unspecified atom stereocenters. The lowest BCUT2D eigenvalue weighted by molar-refractivity contribution is -0.188. The topological polar surface area (TPSA) is 32.8 Å². The molecule has 182 valence electrons. The fourth-order valence-electron chi connectivity index (χ4n) is 5.60. The molecule has 1 spiro atoms. The summed E-state index contributed by atoms with van der Waals surface area (Å²) in [7, 11) is 0. The third-order valence-corrected chi connectivity index (χ3v) is 7.74. The molecule has 2 aromatic rings. The molecule has 0 aromatic heterocycles. The number of likely N-dealkylation sites (tertiary alicyclic amines) is 1. The van der Waals surface area contributed by atoms with Crippen molar-refractivity contribution in [1.29, 1.82) is 0 Å². The van der Waals surface area contributed by atoms with E-state index in [0.717, 1.165) is 42.9 Å². The van der Waals surface area contributed by atoms with E-state index in [1.54, 1.807) is 0 Å². The van der Waals surface area contributed by atoms with Crippen LogP contribution in [0.5, 0.6) is 0 Å². The summed E-state index contributed by atoms with van der Waals surface area (Å²) in [6, 6.07) is 16.3. The molecule has 1 saturated carbocycles. The van der Waals surface area contributed by atoms with Gasteiger partial charge in [-0.15, -0.1) is 0 Å². The Morgan fingerprint density at radius 2 is 1.76 bits per heavy atom. The van der Waals surface area contributed by atoms with Gasteiger partial charge in [0, 0.05) is 36.6 Å². The van der Waals surface area contributed by atoms with Crippen LogP contribution in [0.15, 0.2) is 54.6 Å². The molecule has 0 bridgehead atoms. The molecular formula is C26H28ClF3N2O2. The van der Waals surface area contributed by atoms with E-state index in [9.17, 15) is 18.0 Å². The monoisotopic (exact) mass is 492 g/mol. The quantitative estimate of drug-likeness (QED) is 0.559. The zero-order valence-corrected chi connectivity index (χ0v) is 19.6. The number of nitrogens with zero attached hydrogens (tertiary/aromatic N) is 2. The molecule has 3 aliphatic rings. The van der Waals surface area contributed by atoms with Gasteiger partial charge in [0.25, 0.3) is 0 Å². The number of benzene rings is 2. The van der Waals surface area contributed by atoms with Crippen LogP contribution in [0, 0.1) is 0 Å². The smallest absolute Gasteiger partial charge is 0.373 e. The van der Waals surface area contributed by atoms with E-state index in [2.05, 4.69) is 4.90 Å². The Balaban J connectivity index is 1.24. The number of halogens is 4. The highest BCUT2D eigenvalue weighted by molar-refractivity contribution is 6.30. The van der Waals surface area contributed by atoms with Gasteiger partial charge in [-0.25, -0.2) is 0 Å². The Hall–Kier alpha value is -2.09. The van der Waals surface area contributed by atoms with Crippen molar-refractivity contribution in [2.24, 2.45) is 0 Å². The van der Waals surface area contributed by atoms with Crippen LogP contribution in [0.25, 0.3) is 0 Å². The van der Waals surface area contributed by atoms with Crippen LogP contribution in [-0.4, -0.2) is 59.3 Å². The van der Waals surface area contributed by atoms with Crippen LogP contribution in [0.2, 0.25) is 5.02 Å². The molecule has 2 aromatic carbocycles. The van der Waals surface area contributed by atoms with Crippen molar-refractivity contribution in [3.8, 4) is 0 Å². The average Bonchev–Trinajstić information content (AvgIpc) is 3.50. The molecule has 1 aliphatic carbocycles. The van der Waals surface area contributed by atoms with E-state index in [1.807, 2.05) is 54.6 Å². The zero-order valence-electron chi connectivity index (χ0n) is 18.8. The Kier molecular flexibility index (Phi) is 6.38. The Morgan fingerprint density at radius 1 is 1.09 bits per heavy atom. The standard InChI is InChI=1S/C26H28ClF3N2O2/c27-20-8-6-18(7-9-20)16-31-12-10-25(11-13-31)15-21(17-34-25)32(24(33)26(28,29)30)23-14-22(23)19-4-2-1-3-5-19/h1-9,21-23H,10-17H2/t21?,22-,23+/m0/s1. The average molecular weight is 493 g/mol. The van der Waals surface area contributed by atoms with E-state index in [1.165, 1.54) is 5.56 Å². The first-order valence-corrected chi connectivity index (χ1v) is 12.2. The normalized spacial score (nSPS) is 26.5. The second-order valence-electron chi connectivity index (χ2n) is 9.78. The third-order valence-electron chi connectivity index (χ3n) is 7.49. The lowest BCUT2D eigenvalue weighted by atomic mass is 9.86. The van der Waals surface area contributed by atoms with Gasteiger partial charge in [-0.3, -0.25) is 9.69 Å². The minimum absolute atomic E-state index is 0.0507. The second-order valence-corrected chi connectivity index (χ2v) is 10.2. The van der Waals surface area contributed by atoms with Crippen LogP contribution in [-0.2, 0) is 16.1 Å². The van der Waals surface area contributed by atoms with Crippen LogP contribution in [0.1, 0.15) is 42.7 Å². The highest BCUT2D eigenvalue weighted by Crippen LogP contribution is 2.49. The summed E-state index contributed by atoms with van der Waals surface area (Å²) in [4.78, 5) is 15.9. The molecule has 0 N–H and O–H groups in total. The van der Waals surface area contributed by atoms with Crippen LogP contribution >= 0.6 is 11.6 Å². The molecule has 3 atom stereocenters. The zero-order chi connectivity index (χ0) is 23.9. The number of alkyl halides is 3. The summed E-state index contributed by atoms with van der Waals surface area (Å²) in [6.45, 7) is 2.57. The van der Waals surface area contributed by atoms with Crippen molar-refractivity contribution in [2.75, 3.05) is 19.7 Å². The molecule has 34 heavy (non-hydrogen) atoms. The number of amides is 1. The number of hydrogen-bond acceptors (Lipinski definition) is 3. The number of carbonyl (C=O) groups is 1. The molecule has 2 heterocycles. The summed E-state index contributed by atoms with van der Waals surface area (Å²) in [6.07, 6.45) is -2.37. The predicted molar refractivity (Wildman–Crippen MR) is 124 cm³/mol. The van der Waals surface area contributed by atoms with Gasteiger partial charge in [0.15, 0.2) is 0 Å². The first-order valence-electron chi connectivity index (χ1n) is 11.8. The Labute approximate surface area is 202 Å². The van der Waals surface area contributed by atoms with E-state index in [-0.39, 0.29) is 12.5 Å². The van der Waals surface area contributed by atoms with E-state index < -0.39 is 29.8 Å².